The minimum Gasteiger partial charge on any atom is -0.462 e. The maximum absolute atomic E-state index is 12.1. The van der Waals surface area contributed by atoms with E-state index in [-0.39, 0.29) is 22.1 Å². The summed E-state index contributed by atoms with van der Waals surface area (Å²) in [5, 5.41) is 0.554. The Kier molecular flexibility index (Phi) is 5.05. The normalized spacial score (nSPS) is 16.0. The van der Waals surface area contributed by atoms with Gasteiger partial charge in [-0.3, -0.25) is 0 Å². The standard InChI is InChI=1S/C12H18N2O4S3/c1-3-18-12(15)9-8(13)10(21(2,16)17)11(20-9)14-4-6-19-7-5-14/h3-7,13H2,1-2H3. The van der Waals surface area contributed by atoms with Crippen molar-refractivity contribution in [1.29, 1.82) is 0 Å². The highest BCUT2D eigenvalue weighted by molar-refractivity contribution is 7.99. The number of thioether (sulfide) groups is 1. The third kappa shape index (κ3) is 3.46. The zero-order chi connectivity index (χ0) is 15.6. The van der Waals surface area contributed by atoms with E-state index in [1.165, 1.54) is 0 Å². The maximum Gasteiger partial charge on any atom is 0.350 e. The number of nitrogens with two attached hydrogens (primary N) is 1. The van der Waals surface area contributed by atoms with Crippen LogP contribution in [0, 0.1) is 0 Å². The first-order valence-corrected chi connectivity index (χ1v) is 10.3. The van der Waals surface area contributed by atoms with Gasteiger partial charge in [0.1, 0.15) is 14.8 Å². The molecule has 6 nitrogen and oxygen atoms in total. The van der Waals surface area contributed by atoms with E-state index in [0.717, 1.165) is 42.2 Å². The summed E-state index contributed by atoms with van der Waals surface area (Å²) in [6, 6.07) is 0. The topological polar surface area (TPSA) is 89.7 Å². The van der Waals surface area contributed by atoms with E-state index in [9.17, 15) is 13.2 Å². The van der Waals surface area contributed by atoms with E-state index >= 15 is 0 Å². The van der Waals surface area contributed by atoms with Gasteiger partial charge in [0, 0.05) is 30.9 Å². The van der Waals surface area contributed by atoms with E-state index in [4.69, 9.17) is 10.5 Å². The molecule has 1 aliphatic rings. The van der Waals surface area contributed by atoms with Crippen LogP contribution in [-0.2, 0) is 14.6 Å². The molecule has 118 valence electrons. The molecule has 0 saturated carbocycles. The molecule has 0 spiro atoms. The molecule has 0 unspecified atom stereocenters. The number of anilines is 2. The largest absolute Gasteiger partial charge is 0.462 e. The van der Waals surface area contributed by atoms with Gasteiger partial charge in [0.15, 0.2) is 9.84 Å². The molecule has 21 heavy (non-hydrogen) atoms. The second kappa shape index (κ2) is 6.45. The lowest BCUT2D eigenvalue weighted by atomic mass is 10.3. The van der Waals surface area contributed by atoms with Crippen LogP contribution in [0.5, 0.6) is 0 Å². The van der Waals surface area contributed by atoms with Crippen molar-refractivity contribution in [2.75, 3.05) is 48.1 Å². The Morgan fingerprint density at radius 1 is 1.38 bits per heavy atom. The Morgan fingerprint density at radius 2 is 2.00 bits per heavy atom. The van der Waals surface area contributed by atoms with Gasteiger partial charge in [-0.25, -0.2) is 13.2 Å². The number of ether oxygens (including phenoxy) is 1. The van der Waals surface area contributed by atoms with Gasteiger partial charge in [0.2, 0.25) is 0 Å². The fourth-order valence-corrected chi connectivity index (χ4v) is 5.65. The molecule has 9 heteroatoms. The highest BCUT2D eigenvalue weighted by atomic mass is 32.2. The van der Waals surface area contributed by atoms with E-state index in [2.05, 4.69) is 0 Å². The summed E-state index contributed by atoms with van der Waals surface area (Å²) in [5.74, 6) is 1.29. The summed E-state index contributed by atoms with van der Waals surface area (Å²) in [7, 11) is -3.51. The van der Waals surface area contributed by atoms with Crippen molar-refractivity contribution >= 4 is 49.6 Å². The highest BCUT2D eigenvalue weighted by Crippen LogP contribution is 2.42. The Labute approximate surface area is 132 Å². The van der Waals surface area contributed by atoms with Crippen molar-refractivity contribution < 1.29 is 17.9 Å². The molecule has 1 fully saturated rings. The minimum atomic E-state index is -3.51. The number of carbonyl (C=O) groups is 1. The van der Waals surface area contributed by atoms with Crippen LogP contribution in [0.3, 0.4) is 0 Å². The lowest BCUT2D eigenvalue weighted by Crippen LogP contribution is -2.32. The molecule has 2 N–H and O–H groups in total. The van der Waals surface area contributed by atoms with E-state index < -0.39 is 15.8 Å². The molecule has 0 radical (unpaired) electrons. The summed E-state index contributed by atoms with van der Waals surface area (Å²) in [6.45, 7) is 3.41. The zero-order valence-corrected chi connectivity index (χ0v) is 14.4. The van der Waals surface area contributed by atoms with Crippen LogP contribution in [0.4, 0.5) is 10.7 Å². The molecule has 0 amide bonds. The summed E-state index contributed by atoms with van der Waals surface area (Å²) in [4.78, 5) is 14.1. The fraction of sp³-hybridized carbons (Fsp3) is 0.583. The van der Waals surface area contributed by atoms with Crippen molar-refractivity contribution in [3.05, 3.63) is 4.88 Å². The minimum absolute atomic E-state index is 0.00850. The number of sulfone groups is 1. The Bertz CT molecular complexity index is 633. The van der Waals surface area contributed by atoms with Crippen LogP contribution >= 0.6 is 23.1 Å². The molecular weight excluding hydrogens is 332 g/mol. The molecule has 0 aliphatic carbocycles. The Hall–Kier alpha value is -0.930. The van der Waals surface area contributed by atoms with Crippen molar-refractivity contribution in [3.8, 4) is 0 Å². The molecule has 0 bridgehead atoms. The summed E-state index contributed by atoms with van der Waals surface area (Å²) in [5.41, 5.74) is 5.94. The van der Waals surface area contributed by atoms with E-state index in [0.29, 0.717) is 5.00 Å². The molecule has 0 atom stereocenters. The zero-order valence-electron chi connectivity index (χ0n) is 11.9. The third-order valence-electron chi connectivity index (χ3n) is 3.01. The predicted octanol–water partition coefficient (Wildman–Crippen LogP) is 1.46. The second-order valence-corrected chi connectivity index (χ2v) is 8.75. The number of nitrogens with zero attached hydrogens (tertiary/aromatic N) is 1. The van der Waals surface area contributed by atoms with Crippen molar-refractivity contribution in [2.45, 2.75) is 11.8 Å². The van der Waals surface area contributed by atoms with Crippen LogP contribution in [0.25, 0.3) is 0 Å². The first-order chi connectivity index (χ1) is 9.86. The van der Waals surface area contributed by atoms with Crippen LogP contribution in [-0.4, -0.2) is 51.8 Å². The number of hydrogen-bond donors (Lipinski definition) is 1. The highest BCUT2D eigenvalue weighted by Gasteiger charge is 2.30. The lowest BCUT2D eigenvalue weighted by Gasteiger charge is -2.27. The smallest absolute Gasteiger partial charge is 0.350 e. The SMILES string of the molecule is CCOC(=O)c1sc(N2CCSCC2)c(S(C)(=O)=O)c1N. The van der Waals surface area contributed by atoms with Crippen molar-refractivity contribution in [3.63, 3.8) is 0 Å². The first kappa shape index (κ1) is 16.4. The van der Waals surface area contributed by atoms with Crippen LogP contribution in [0.15, 0.2) is 4.90 Å². The number of nitrogen functional groups attached to an aromatic ring is 1. The Balaban J connectivity index is 2.52. The first-order valence-electron chi connectivity index (χ1n) is 6.48. The average Bonchev–Trinajstić information content (AvgIpc) is 2.77. The molecular formula is C12H18N2O4S3. The number of carbonyl (C=O) groups excluding carboxylic acids is 1. The summed E-state index contributed by atoms with van der Waals surface area (Å²) < 4.78 is 29.1. The van der Waals surface area contributed by atoms with E-state index in [1.54, 1.807) is 6.92 Å². The molecule has 1 aromatic heterocycles. The summed E-state index contributed by atoms with van der Waals surface area (Å²) in [6.07, 6.45) is 1.11. The van der Waals surface area contributed by atoms with Gasteiger partial charge >= 0.3 is 5.97 Å². The molecule has 0 aromatic carbocycles. The maximum atomic E-state index is 12.1. The van der Waals surface area contributed by atoms with Gasteiger partial charge in [0.05, 0.1) is 12.3 Å². The van der Waals surface area contributed by atoms with Crippen molar-refractivity contribution in [2.24, 2.45) is 0 Å². The third-order valence-corrected chi connectivity index (χ3v) is 6.49. The molecule has 2 heterocycles. The fourth-order valence-electron chi connectivity index (χ4n) is 2.10. The lowest BCUT2D eigenvalue weighted by molar-refractivity contribution is 0.0533. The Morgan fingerprint density at radius 3 is 2.52 bits per heavy atom. The van der Waals surface area contributed by atoms with Gasteiger partial charge in [-0.2, -0.15) is 11.8 Å². The van der Waals surface area contributed by atoms with Gasteiger partial charge in [-0.1, -0.05) is 0 Å². The van der Waals surface area contributed by atoms with Gasteiger partial charge < -0.3 is 15.4 Å². The number of rotatable bonds is 4. The molecule has 1 saturated heterocycles. The predicted molar refractivity (Wildman–Crippen MR) is 87.3 cm³/mol. The van der Waals surface area contributed by atoms with Gasteiger partial charge in [0.25, 0.3) is 0 Å². The average molecular weight is 350 g/mol. The van der Waals surface area contributed by atoms with Crippen molar-refractivity contribution in [1.82, 2.24) is 0 Å². The molecule has 1 aliphatic heterocycles. The summed E-state index contributed by atoms with van der Waals surface area (Å²) >= 11 is 2.93. The van der Waals surface area contributed by atoms with Gasteiger partial charge in [-0.15, -0.1) is 11.3 Å². The van der Waals surface area contributed by atoms with Crippen LogP contribution in [0.1, 0.15) is 16.6 Å². The quantitative estimate of drug-likeness (QED) is 0.822. The number of thiophene rings is 1. The second-order valence-electron chi connectivity index (χ2n) is 4.57. The van der Waals surface area contributed by atoms with Crippen LogP contribution in [0.2, 0.25) is 0 Å². The molecule has 1 aromatic rings. The number of hydrogen-bond acceptors (Lipinski definition) is 8. The number of esters is 1. The van der Waals surface area contributed by atoms with Gasteiger partial charge in [-0.05, 0) is 6.92 Å². The van der Waals surface area contributed by atoms with E-state index in [1.807, 2.05) is 16.7 Å². The van der Waals surface area contributed by atoms with Crippen LogP contribution < -0.4 is 10.6 Å². The monoisotopic (exact) mass is 350 g/mol. The molecule has 2 rings (SSSR count).